The number of carbonyl (C=O) groups excluding carboxylic acids is 2. The number of hydrogen-bond acceptors (Lipinski definition) is 9. The van der Waals surface area contributed by atoms with E-state index in [4.69, 9.17) is 20.9 Å². The Morgan fingerprint density at radius 2 is 2.27 bits per heavy atom. The summed E-state index contributed by atoms with van der Waals surface area (Å²) in [6.45, 7) is 2.72. The molecule has 142 valence electrons. The van der Waals surface area contributed by atoms with Gasteiger partial charge in [-0.25, -0.2) is 4.98 Å². The number of nitrogen functional groups attached to an aromatic ring is 1. The van der Waals surface area contributed by atoms with Crippen LogP contribution < -0.4 is 17.0 Å². The Bertz CT molecular complexity index is 816. The van der Waals surface area contributed by atoms with Crippen molar-refractivity contribution < 1.29 is 19.1 Å². The van der Waals surface area contributed by atoms with Crippen molar-refractivity contribution >= 4 is 29.6 Å². The van der Waals surface area contributed by atoms with Crippen LogP contribution in [-0.2, 0) is 25.6 Å². The summed E-state index contributed by atoms with van der Waals surface area (Å²) in [6, 6.07) is -0.656. The summed E-state index contributed by atoms with van der Waals surface area (Å²) in [7, 11) is 0. The van der Waals surface area contributed by atoms with E-state index in [1.165, 1.54) is 6.33 Å². The lowest BCUT2D eigenvalue weighted by Gasteiger charge is -2.17. The molecule has 0 spiro atoms. The first-order valence-electron chi connectivity index (χ1n) is 8.14. The normalized spacial score (nSPS) is 13.3. The molecule has 0 amide bonds. The quantitative estimate of drug-likeness (QED) is 0.358. The number of imidazole rings is 1. The number of ether oxygens (including phenoxy) is 2. The summed E-state index contributed by atoms with van der Waals surface area (Å²) in [5.74, 6) is -0.686. The van der Waals surface area contributed by atoms with E-state index in [9.17, 15) is 14.4 Å². The van der Waals surface area contributed by atoms with Gasteiger partial charge >= 0.3 is 5.97 Å². The average Bonchev–Trinajstić information content (AvgIpc) is 3.01. The van der Waals surface area contributed by atoms with Gasteiger partial charge in [-0.05, 0) is 12.8 Å². The molecule has 0 aromatic carbocycles. The molecule has 0 bridgehead atoms. The molecule has 26 heavy (non-hydrogen) atoms. The van der Waals surface area contributed by atoms with Crippen LogP contribution >= 0.6 is 0 Å². The minimum Gasteiger partial charge on any atom is -0.468 e. The molecule has 5 N–H and O–H groups in total. The smallest absolute Gasteiger partial charge is 0.322 e. The third kappa shape index (κ3) is 4.79. The summed E-state index contributed by atoms with van der Waals surface area (Å²) in [4.78, 5) is 44.4. The van der Waals surface area contributed by atoms with Crippen LogP contribution in [0.15, 0.2) is 11.1 Å². The number of anilines is 1. The zero-order chi connectivity index (χ0) is 19.1. The third-order valence-electron chi connectivity index (χ3n) is 3.86. The fraction of sp³-hybridized carbons (Fsp3) is 0.533. The van der Waals surface area contributed by atoms with Crippen LogP contribution in [0.1, 0.15) is 19.8 Å². The molecular formula is C15H22N6O5. The summed E-state index contributed by atoms with van der Waals surface area (Å²) in [5.41, 5.74) is 11.2. The highest BCUT2D eigenvalue weighted by atomic mass is 16.5. The molecule has 11 heteroatoms. The van der Waals surface area contributed by atoms with Gasteiger partial charge < -0.3 is 25.5 Å². The fourth-order valence-electron chi connectivity index (χ4n) is 2.39. The highest BCUT2D eigenvalue weighted by Gasteiger charge is 2.17. The predicted octanol–water partition coefficient (Wildman–Crippen LogP) is -0.838. The van der Waals surface area contributed by atoms with Crippen LogP contribution in [0, 0.1) is 5.92 Å². The second kappa shape index (κ2) is 8.94. The summed E-state index contributed by atoms with van der Waals surface area (Å²) in [5, 5.41) is 0. The van der Waals surface area contributed by atoms with Gasteiger partial charge in [0.25, 0.3) is 12.0 Å². The van der Waals surface area contributed by atoms with E-state index in [1.807, 2.05) is 0 Å². The number of nitrogens with zero attached hydrogens (tertiary/aromatic N) is 3. The van der Waals surface area contributed by atoms with Crippen molar-refractivity contribution in [2.24, 2.45) is 11.7 Å². The first-order chi connectivity index (χ1) is 12.5. The van der Waals surface area contributed by atoms with Crippen LogP contribution in [0.3, 0.4) is 0 Å². The minimum absolute atomic E-state index is 0.0209. The molecule has 1 unspecified atom stereocenters. The number of nitrogens with two attached hydrogens (primary N) is 2. The molecule has 11 nitrogen and oxygen atoms in total. The van der Waals surface area contributed by atoms with Gasteiger partial charge in [0.1, 0.15) is 6.04 Å². The number of esters is 1. The predicted molar refractivity (Wildman–Crippen MR) is 91.9 cm³/mol. The lowest BCUT2D eigenvalue weighted by molar-refractivity contribution is -0.146. The maximum atomic E-state index is 11.8. The topological polar surface area (TPSA) is 168 Å². The Balaban J connectivity index is 2.07. The third-order valence-corrected chi connectivity index (χ3v) is 3.86. The van der Waals surface area contributed by atoms with E-state index >= 15 is 0 Å². The van der Waals surface area contributed by atoms with Crippen LogP contribution in [0.5, 0.6) is 0 Å². The van der Waals surface area contributed by atoms with E-state index in [-0.39, 0.29) is 30.6 Å². The summed E-state index contributed by atoms with van der Waals surface area (Å²) >= 11 is 0. The second-order valence-corrected chi connectivity index (χ2v) is 5.79. The van der Waals surface area contributed by atoms with Crippen LogP contribution in [-0.4, -0.2) is 51.2 Å². The second-order valence-electron chi connectivity index (χ2n) is 5.79. The number of H-pyrrole nitrogens is 1. The SMILES string of the molecule is CCC(N)C(=O)OCC[C@@H](COC=O)Cn1cnc2c(=O)[nH]c(N)nc21. The molecule has 0 radical (unpaired) electrons. The molecule has 0 saturated heterocycles. The van der Waals surface area contributed by atoms with E-state index in [0.717, 1.165) is 0 Å². The number of rotatable bonds is 10. The van der Waals surface area contributed by atoms with Crippen molar-refractivity contribution in [3.8, 4) is 0 Å². The Hall–Kier alpha value is -2.95. The number of carbonyl (C=O) groups is 2. The van der Waals surface area contributed by atoms with Crippen LogP contribution in [0.4, 0.5) is 5.95 Å². The van der Waals surface area contributed by atoms with Crippen molar-refractivity contribution in [2.75, 3.05) is 18.9 Å². The zero-order valence-electron chi connectivity index (χ0n) is 14.4. The van der Waals surface area contributed by atoms with Gasteiger partial charge in [0, 0.05) is 12.5 Å². The highest BCUT2D eigenvalue weighted by Crippen LogP contribution is 2.13. The van der Waals surface area contributed by atoms with Gasteiger partial charge in [0.2, 0.25) is 5.95 Å². The summed E-state index contributed by atoms with van der Waals surface area (Å²) in [6.07, 6.45) is 2.37. The van der Waals surface area contributed by atoms with E-state index in [1.54, 1.807) is 11.5 Å². The van der Waals surface area contributed by atoms with Gasteiger partial charge in [0.15, 0.2) is 11.2 Å². The monoisotopic (exact) mass is 366 g/mol. The Labute approximate surface area is 148 Å². The Morgan fingerprint density at radius 1 is 1.50 bits per heavy atom. The number of fused-ring (bicyclic) bond motifs is 1. The van der Waals surface area contributed by atoms with Gasteiger partial charge in [-0.3, -0.25) is 19.4 Å². The summed E-state index contributed by atoms with van der Waals surface area (Å²) < 4.78 is 11.6. The highest BCUT2D eigenvalue weighted by molar-refractivity contribution is 5.75. The number of nitrogens with one attached hydrogen (secondary N) is 1. The molecule has 0 aliphatic rings. The van der Waals surface area contributed by atoms with E-state index in [0.29, 0.717) is 31.5 Å². The van der Waals surface area contributed by atoms with Crippen LogP contribution in [0.2, 0.25) is 0 Å². The average molecular weight is 366 g/mol. The maximum Gasteiger partial charge on any atom is 0.322 e. The molecule has 2 aromatic heterocycles. The fourth-order valence-corrected chi connectivity index (χ4v) is 2.39. The van der Waals surface area contributed by atoms with Crippen molar-refractivity contribution in [3.63, 3.8) is 0 Å². The largest absolute Gasteiger partial charge is 0.468 e. The first kappa shape index (κ1) is 19.4. The van der Waals surface area contributed by atoms with Crippen molar-refractivity contribution in [1.82, 2.24) is 19.5 Å². The number of hydrogen-bond donors (Lipinski definition) is 3. The van der Waals surface area contributed by atoms with Gasteiger partial charge in [0.05, 0.1) is 19.5 Å². The Kier molecular flexibility index (Phi) is 6.67. The molecule has 2 rings (SSSR count). The Morgan fingerprint density at radius 3 is 2.96 bits per heavy atom. The molecule has 0 aliphatic heterocycles. The minimum atomic E-state index is -0.656. The van der Waals surface area contributed by atoms with Gasteiger partial charge in [-0.2, -0.15) is 4.98 Å². The number of aromatic nitrogens is 4. The molecule has 2 heterocycles. The lowest BCUT2D eigenvalue weighted by Crippen LogP contribution is -2.32. The molecule has 2 atom stereocenters. The van der Waals surface area contributed by atoms with E-state index < -0.39 is 17.6 Å². The van der Waals surface area contributed by atoms with E-state index in [2.05, 4.69) is 15.0 Å². The number of aromatic amines is 1. The van der Waals surface area contributed by atoms with Crippen molar-refractivity contribution in [3.05, 3.63) is 16.7 Å². The maximum absolute atomic E-state index is 11.8. The molecule has 2 aromatic rings. The lowest BCUT2D eigenvalue weighted by atomic mass is 10.1. The first-order valence-corrected chi connectivity index (χ1v) is 8.14. The van der Waals surface area contributed by atoms with Crippen molar-refractivity contribution in [2.45, 2.75) is 32.4 Å². The molecule has 0 fully saturated rings. The molecular weight excluding hydrogens is 344 g/mol. The molecule has 0 aliphatic carbocycles. The van der Waals surface area contributed by atoms with Crippen LogP contribution in [0.25, 0.3) is 11.2 Å². The van der Waals surface area contributed by atoms with Crippen molar-refractivity contribution in [1.29, 1.82) is 0 Å². The zero-order valence-corrected chi connectivity index (χ0v) is 14.4. The molecule has 0 saturated carbocycles. The standard InChI is InChI=1S/C15H22N6O5/c1-2-10(16)14(24)26-4-3-9(6-25-8-22)5-21-7-18-11-12(21)19-15(17)20-13(11)23/h7-10H,2-6,16H2,1H3,(H3,17,19,20,23)/t9-,10?/m1/s1. The van der Waals surface area contributed by atoms with Gasteiger partial charge in [-0.15, -0.1) is 0 Å². The van der Waals surface area contributed by atoms with Gasteiger partial charge in [-0.1, -0.05) is 6.92 Å².